The predicted molar refractivity (Wildman–Crippen MR) is 121 cm³/mol. The molecule has 31 heavy (non-hydrogen) atoms. The predicted octanol–water partition coefficient (Wildman–Crippen LogP) is 0.752. The Morgan fingerprint density at radius 3 is 2.45 bits per heavy atom. The van der Waals surface area contributed by atoms with E-state index in [1.807, 2.05) is 11.8 Å². The summed E-state index contributed by atoms with van der Waals surface area (Å²) in [5, 5.41) is 6.51. The Kier molecular flexibility index (Phi) is 9.36. The number of nitrogens with zero attached hydrogens (tertiary/aromatic N) is 4. The SMILES string of the molecule is CCNC(=NCCN1CCOCC1)NCCC(=O)N1CCN(c2ccc(F)cc2)CC1. The van der Waals surface area contributed by atoms with Crippen molar-refractivity contribution in [2.75, 3.05) is 83.6 Å². The van der Waals surface area contributed by atoms with Crippen LogP contribution in [-0.2, 0) is 9.53 Å². The van der Waals surface area contributed by atoms with Gasteiger partial charge in [0.1, 0.15) is 5.82 Å². The largest absolute Gasteiger partial charge is 0.379 e. The molecule has 2 heterocycles. The number of piperazine rings is 1. The van der Waals surface area contributed by atoms with E-state index in [0.717, 1.165) is 64.1 Å². The molecule has 0 bridgehead atoms. The van der Waals surface area contributed by atoms with Gasteiger partial charge < -0.3 is 25.2 Å². The fourth-order valence-corrected chi connectivity index (χ4v) is 3.78. The van der Waals surface area contributed by atoms with Crippen LogP contribution in [0.1, 0.15) is 13.3 Å². The van der Waals surface area contributed by atoms with E-state index in [2.05, 4.69) is 25.4 Å². The van der Waals surface area contributed by atoms with E-state index < -0.39 is 0 Å². The second kappa shape index (κ2) is 12.5. The number of carbonyl (C=O) groups is 1. The highest BCUT2D eigenvalue weighted by Gasteiger charge is 2.21. The van der Waals surface area contributed by atoms with Gasteiger partial charge in [-0.3, -0.25) is 14.7 Å². The highest BCUT2D eigenvalue weighted by Crippen LogP contribution is 2.17. The minimum absolute atomic E-state index is 0.149. The standard InChI is InChI=1S/C22H35FN6O2/c1-2-24-22(26-9-10-27-15-17-31-18-16-27)25-8-7-21(30)29-13-11-28(12-14-29)20-5-3-19(23)4-6-20/h3-6H,2,7-18H2,1H3,(H2,24,25,26). The van der Waals surface area contributed by atoms with Gasteiger partial charge in [-0.1, -0.05) is 0 Å². The van der Waals surface area contributed by atoms with Crippen molar-refractivity contribution in [1.82, 2.24) is 20.4 Å². The third-order valence-corrected chi connectivity index (χ3v) is 5.59. The van der Waals surface area contributed by atoms with Crippen LogP contribution < -0.4 is 15.5 Å². The number of nitrogens with one attached hydrogen (secondary N) is 2. The Bertz CT molecular complexity index is 700. The summed E-state index contributed by atoms with van der Waals surface area (Å²) in [7, 11) is 0. The van der Waals surface area contributed by atoms with Gasteiger partial charge in [0, 0.05) is 71.0 Å². The lowest BCUT2D eigenvalue weighted by atomic mass is 10.2. The zero-order valence-corrected chi connectivity index (χ0v) is 18.5. The molecule has 0 atom stereocenters. The van der Waals surface area contributed by atoms with Crippen LogP contribution >= 0.6 is 0 Å². The summed E-state index contributed by atoms with van der Waals surface area (Å²) in [4.78, 5) is 23.7. The molecule has 8 nitrogen and oxygen atoms in total. The molecule has 1 aromatic rings. The number of hydrogen-bond acceptors (Lipinski definition) is 5. The number of rotatable bonds is 8. The number of benzene rings is 1. The lowest BCUT2D eigenvalue weighted by Crippen LogP contribution is -2.49. The molecule has 1 amide bonds. The van der Waals surface area contributed by atoms with E-state index in [1.165, 1.54) is 12.1 Å². The maximum absolute atomic E-state index is 13.1. The topological polar surface area (TPSA) is 72.4 Å². The van der Waals surface area contributed by atoms with Gasteiger partial charge in [0.25, 0.3) is 0 Å². The first kappa shape index (κ1) is 23.3. The number of guanidine groups is 1. The molecule has 2 N–H and O–H groups in total. The highest BCUT2D eigenvalue weighted by molar-refractivity contribution is 5.81. The fraction of sp³-hybridized carbons (Fsp3) is 0.636. The van der Waals surface area contributed by atoms with E-state index in [1.54, 1.807) is 12.1 Å². The summed E-state index contributed by atoms with van der Waals surface area (Å²) >= 11 is 0. The van der Waals surface area contributed by atoms with E-state index in [-0.39, 0.29) is 11.7 Å². The van der Waals surface area contributed by atoms with Crippen molar-refractivity contribution < 1.29 is 13.9 Å². The number of amides is 1. The molecule has 0 aliphatic carbocycles. The minimum atomic E-state index is -0.230. The maximum Gasteiger partial charge on any atom is 0.224 e. The van der Waals surface area contributed by atoms with Crippen LogP contribution in [0.25, 0.3) is 0 Å². The first-order chi connectivity index (χ1) is 15.2. The van der Waals surface area contributed by atoms with Crippen molar-refractivity contribution in [1.29, 1.82) is 0 Å². The molecule has 1 aromatic carbocycles. The summed E-state index contributed by atoms with van der Waals surface area (Å²) in [5.41, 5.74) is 0.999. The molecular formula is C22H35FN6O2. The summed E-state index contributed by atoms with van der Waals surface area (Å²) in [5.74, 6) is 0.673. The van der Waals surface area contributed by atoms with Crippen LogP contribution in [0.2, 0.25) is 0 Å². The Morgan fingerprint density at radius 1 is 1.06 bits per heavy atom. The second-order valence-electron chi connectivity index (χ2n) is 7.74. The van der Waals surface area contributed by atoms with E-state index in [0.29, 0.717) is 32.6 Å². The van der Waals surface area contributed by atoms with Gasteiger partial charge in [-0.25, -0.2) is 4.39 Å². The lowest BCUT2D eigenvalue weighted by molar-refractivity contribution is -0.131. The number of anilines is 1. The van der Waals surface area contributed by atoms with Crippen molar-refractivity contribution in [3.63, 3.8) is 0 Å². The van der Waals surface area contributed by atoms with Gasteiger partial charge in [-0.05, 0) is 31.2 Å². The number of carbonyl (C=O) groups excluding carboxylic acids is 1. The van der Waals surface area contributed by atoms with Crippen molar-refractivity contribution in [2.24, 2.45) is 4.99 Å². The number of ether oxygens (including phenoxy) is 1. The number of aliphatic imine (C=N–C) groups is 1. The zero-order valence-electron chi connectivity index (χ0n) is 18.5. The van der Waals surface area contributed by atoms with Crippen LogP contribution in [0.3, 0.4) is 0 Å². The average Bonchev–Trinajstić information content (AvgIpc) is 2.80. The first-order valence-electron chi connectivity index (χ1n) is 11.3. The van der Waals surface area contributed by atoms with Crippen LogP contribution in [-0.4, -0.2) is 100 Å². The van der Waals surface area contributed by atoms with Gasteiger partial charge in [0.15, 0.2) is 5.96 Å². The number of morpholine rings is 1. The van der Waals surface area contributed by atoms with E-state index in [4.69, 9.17) is 4.74 Å². The quantitative estimate of drug-likeness (QED) is 0.465. The van der Waals surface area contributed by atoms with Crippen molar-refractivity contribution in [3.05, 3.63) is 30.1 Å². The van der Waals surface area contributed by atoms with Crippen LogP contribution in [0.15, 0.2) is 29.3 Å². The van der Waals surface area contributed by atoms with Gasteiger partial charge in [-0.15, -0.1) is 0 Å². The van der Waals surface area contributed by atoms with Crippen molar-refractivity contribution in [3.8, 4) is 0 Å². The van der Waals surface area contributed by atoms with E-state index >= 15 is 0 Å². The summed E-state index contributed by atoms with van der Waals surface area (Å²) in [6.45, 7) is 11.4. The van der Waals surface area contributed by atoms with Crippen molar-refractivity contribution in [2.45, 2.75) is 13.3 Å². The Balaban J connectivity index is 1.35. The van der Waals surface area contributed by atoms with Crippen LogP contribution in [0.5, 0.6) is 0 Å². The third kappa shape index (κ3) is 7.66. The molecule has 2 aliphatic heterocycles. The van der Waals surface area contributed by atoms with Gasteiger partial charge in [-0.2, -0.15) is 0 Å². The van der Waals surface area contributed by atoms with Crippen LogP contribution in [0.4, 0.5) is 10.1 Å². The Morgan fingerprint density at radius 2 is 1.77 bits per heavy atom. The Labute approximate surface area is 184 Å². The molecule has 0 saturated carbocycles. The normalized spacial score (nSPS) is 18.2. The Hall–Kier alpha value is -2.39. The number of halogens is 1. The second-order valence-corrected chi connectivity index (χ2v) is 7.74. The molecule has 0 aromatic heterocycles. The molecule has 2 fully saturated rings. The molecule has 0 unspecified atom stereocenters. The molecule has 3 rings (SSSR count). The third-order valence-electron chi connectivity index (χ3n) is 5.59. The summed E-state index contributed by atoms with van der Waals surface area (Å²) in [6, 6.07) is 6.53. The fourth-order valence-electron chi connectivity index (χ4n) is 3.78. The molecule has 0 spiro atoms. The van der Waals surface area contributed by atoms with Gasteiger partial charge in [0.05, 0.1) is 19.8 Å². The smallest absolute Gasteiger partial charge is 0.224 e. The molecule has 172 valence electrons. The number of hydrogen-bond donors (Lipinski definition) is 2. The molecule has 0 radical (unpaired) electrons. The molecule has 2 saturated heterocycles. The summed E-state index contributed by atoms with van der Waals surface area (Å²) < 4.78 is 18.5. The van der Waals surface area contributed by atoms with Gasteiger partial charge in [0.2, 0.25) is 5.91 Å². The average molecular weight is 435 g/mol. The highest BCUT2D eigenvalue weighted by atomic mass is 19.1. The monoisotopic (exact) mass is 434 g/mol. The lowest BCUT2D eigenvalue weighted by Gasteiger charge is -2.36. The maximum atomic E-state index is 13.1. The van der Waals surface area contributed by atoms with Crippen LogP contribution in [0, 0.1) is 5.82 Å². The molecule has 9 heteroatoms. The minimum Gasteiger partial charge on any atom is -0.379 e. The molecular weight excluding hydrogens is 399 g/mol. The zero-order chi connectivity index (χ0) is 21.9. The van der Waals surface area contributed by atoms with E-state index in [9.17, 15) is 9.18 Å². The summed E-state index contributed by atoms with van der Waals surface area (Å²) in [6.07, 6.45) is 0.435. The van der Waals surface area contributed by atoms with Gasteiger partial charge >= 0.3 is 0 Å². The van der Waals surface area contributed by atoms with Crippen molar-refractivity contribution >= 4 is 17.6 Å². The first-order valence-corrected chi connectivity index (χ1v) is 11.3. The molecule has 2 aliphatic rings.